The zero-order valence-corrected chi connectivity index (χ0v) is 9.59. The first kappa shape index (κ1) is 10.1. The lowest BCUT2D eigenvalue weighted by Gasteiger charge is -2.22. The van der Waals surface area contributed by atoms with Crippen molar-refractivity contribution in [3.05, 3.63) is 28.8 Å². The molecule has 0 aliphatic heterocycles. The molecule has 1 aliphatic carbocycles. The Bertz CT molecular complexity index is 442. The van der Waals surface area contributed by atoms with Crippen LogP contribution in [-0.2, 0) is 11.8 Å². The van der Waals surface area contributed by atoms with Gasteiger partial charge in [0.2, 0.25) is 0 Å². The standard InChI is InChI=1S/C13H18N2/c1-4-8-9-5-6-13(2,3)12(9)11(15)7-10(8)14/h5-7H,4,14-15H2,1-3H3. The minimum absolute atomic E-state index is 0.0387. The number of nitrogens with two attached hydrogens (primary N) is 2. The summed E-state index contributed by atoms with van der Waals surface area (Å²) in [7, 11) is 0. The zero-order chi connectivity index (χ0) is 11.2. The van der Waals surface area contributed by atoms with Crippen molar-refractivity contribution < 1.29 is 0 Å². The van der Waals surface area contributed by atoms with Crippen LogP contribution >= 0.6 is 0 Å². The topological polar surface area (TPSA) is 52.0 Å². The fraction of sp³-hybridized carbons (Fsp3) is 0.385. The maximum Gasteiger partial charge on any atom is 0.0382 e. The van der Waals surface area contributed by atoms with Gasteiger partial charge < -0.3 is 11.5 Å². The fourth-order valence-electron chi connectivity index (χ4n) is 2.46. The Balaban J connectivity index is 2.77. The minimum Gasteiger partial charge on any atom is -0.398 e. The Hall–Kier alpha value is -1.44. The molecular weight excluding hydrogens is 184 g/mol. The molecule has 0 radical (unpaired) electrons. The van der Waals surface area contributed by atoms with E-state index < -0.39 is 0 Å². The molecule has 0 atom stereocenters. The average molecular weight is 202 g/mol. The van der Waals surface area contributed by atoms with E-state index in [1.807, 2.05) is 6.07 Å². The summed E-state index contributed by atoms with van der Waals surface area (Å²) in [5.41, 5.74) is 17.4. The highest BCUT2D eigenvalue weighted by atomic mass is 14.6. The quantitative estimate of drug-likeness (QED) is 0.688. The van der Waals surface area contributed by atoms with E-state index in [9.17, 15) is 0 Å². The van der Waals surface area contributed by atoms with Gasteiger partial charge in [0, 0.05) is 16.8 Å². The molecule has 0 bridgehead atoms. The second-order valence-electron chi connectivity index (χ2n) is 4.73. The molecule has 15 heavy (non-hydrogen) atoms. The molecule has 0 unspecified atom stereocenters. The van der Waals surface area contributed by atoms with Gasteiger partial charge in [-0.3, -0.25) is 0 Å². The van der Waals surface area contributed by atoms with Crippen molar-refractivity contribution in [2.75, 3.05) is 11.5 Å². The highest BCUT2D eigenvalue weighted by Crippen LogP contribution is 2.42. The molecule has 2 nitrogen and oxygen atoms in total. The summed E-state index contributed by atoms with van der Waals surface area (Å²) in [6.07, 6.45) is 5.31. The molecule has 1 aromatic carbocycles. The minimum atomic E-state index is 0.0387. The summed E-state index contributed by atoms with van der Waals surface area (Å²) in [5.74, 6) is 0. The largest absolute Gasteiger partial charge is 0.398 e. The number of anilines is 2. The lowest BCUT2D eigenvalue weighted by molar-refractivity contribution is 0.685. The van der Waals surface area contributed by atoms with E-state index in [-0.39, 0.29) is 5.41 Å². The SMILES string of the molecule is CCc1c(N)cc(N)c2c1C=CC2(C)C. The van der Waals surface area contributed by atoms with Crippen LogP contribution in [0.4, 0.5) is 11.4 Å². The van der Waals surface area contributed by atoms with Crippen molar-refractivity contribution in [1.29, 1.82) is 0 Å². The first-order chi connectivity index (χ1) is 6.97. The van der Waals surface area contributed by atoms with Gasteiger partial charge >= 0.3 is 0 Å². The molecule has 1 aliphatic rings. The monoisotopic (exact) mass is 202 g/mol. The maximum absolute atomic E-state index is 6.05. The third-order valence-corrected chi connectivity index (χ3v) is 3.21. The number of rotatable bonds is 1. The van der Waals surface area contributed by atoms with Gasteiger partial charge in [-0.2, -0.15) is 0 Å². The summed E-state index contributed by atoms with van der Waals surface area (Å²) in [6.45, 7) is 6.49. The van der Waals surface area contributed by atoms with Gasteiger partial charge in [0.25, 0.3) is 0 Å². The molecule has 2 rings (SSSR count). The van der Waals surface area contributed by atoms with E-state index in [1.165, 1.54) is 16.7 Å². The summed E-state index contributed by atoms with van der Waals surface area (Å²) in [6, 6.07) is 1.90. The molecule has 0 heterocycles. The molecule has 0 saturated carbocycles. The van der Waals surface area contributed by atoms with Crippen LogP contribution in [0.5, 0.6) is 0 Å². The highest BCUT2D eigenvalue weighted by Gasteiger charge is 2.29. The Morgan fingerprint density at radius 3 is 2.47 bits per heavy atom. The van der Waals surface area contributed by atoms with Crippen molar-refractivity contribution in [2.24, 2.45) is 0 Å². The molecule has 0 amide bonds. The van der Waals surface area contributed by atoms with Gasteiger partial charge in [-0.1, -0.05) is 32.9 Å². The summed E-state index contributed by atoms with van der Waals surface area (Å²) < 4.78 is 0. The molecule has 1 aromatic rings. The van der Waals surface area contributed by atoms with Crippen LogP contribution in [0.15, 0.2) is 12.1 Å². The fourth-order valence-corrected chi connectivity index (χ4v) is 2.46. The average Bonchev–Trinajstić information content (AvgIpc) is 2.43. The van der Waals surface area contributed by atoms with E-state index >= 15 is 0 Å². The number of fused-ring (bicyclic) bond motifs is 1. The number of allylic oxidation sites excluding steroid dienone is 1. The molecule has 80 valence electrons. The lowest BCUT2D eigenvalue weighted by atomic mass is 9.84. The second kappa shape index (κ2) is 3.02. The van der Waals surface area contributed by atoms with E-state index in [0.29, 0.717) is 0 Å². The Morgan fingerprint density at radius 1 is 1.20 bits per heavy atom. The highest BCUT2D eigenvalue weighted by molar-refractivity contribution is 5.79. The molecule has 0 fully saturated rings. The van der Waals surface area contributed by atoms with Gasteiger partial charge in [-0.25, -0.2) is 0 Å². The first-order valence-electron chi connectivity index (χ1n) is 5.38. The van der Waals surface area contributed by atoms with Gasteiger partial charge in [-0.05, 0) is 29.2 Å². The maximum atomic E-state index is 6.05. The van der Waals surface area contributed by atoms with E-state index in [2.05, 4.69) is 32.9 Å². The van der Waals surface area contributed by atoms with Crippen molar-refractivity contribution >= 4 is 17.5 Å². The zero-order valence-electron chi connectivity index (χ0n) is 9.59. The van der Waals surface area contributed by atoms with Crippen molar-refractivity contribution in [2.45, 2.75) is 32.6 Å². The summed E-state index contributed by atoms with van der Waals surface area (Å²) in [4.78, 5) is 0. The van der Waals surface area contributed by atoms with Crippen LogP contribution in [0, 0.1) is 0 Å². The molecule has 0 aromatic heterocycles. The Kier molecular flexibility index (Phi) is 2.03. The van der Waals surface area contributed by atoms with Crippen LogP contribution in [0.25, 0.3) is 6.08 Å². The van der Waals surface area contributed by atoms with Crippen LogP contribution in [0.3, 0.4) is 0 Å². The van der Waals surface area contributed by atoms with Gasteiger partial charge in [-0.15, -0.1) is 0 Å². The van der Waals surface area contributed by atoms with Crippen LogP contribution < -0.4 is 11.5 Å². The van der Waals surface area contributed by atoms with Crippen LogP contribution in [-0.4, -0.2) is 0 Å². The molecule has 0 spiro atoms. The van der Waals surface area contributed by atoms with Crippen LogP contribution in [0.1, 0.15) is 37.5 Å². The van der Waals surface area contributed by atoms with Crippen molar-refractivity contribution in [1.82, 2.24) is 0 Å². The van der Waals surface area contributed by atoms with Gasteiger partial charge in [0.1, 0.15) is 0 Å². The molecule has 0 saturated heterocycles. The third-order valence-electron chi connectivity index (χ3n) is 3.21. The third kappa shape index (κ3) is 1.32. The number of hydrogen-bond donors (Lipinski definition) is 2. The smallest absolute Gasteiger partial charge is 0.0382 e. The second-order valence-corrected chi connectivity index (χ2v) is 4.73. The van der Waals surface area contributed by atoms with Crippen molar-refractivity contribution in [3.8, 4) is 0 Å². The molecular formula is C13H18N2. The van der Waals surface area contributed by atoms with E-state index in [1.54, 1.807) is 0 Å². The Morgan fingerprint density at radius 2 is 1.87 bits per heavy atom. The predicted molar refractivity (Wildman–Crippen MR) is 66.7 cm³/mol. The number of nitrogen functional groups attached to an aromatic ring is 2. The van der Waals surface area contributed by atoms with E-state index in [4.69, 9.17) is 11.5 Å². The van der Waals surface area contributed by atoms with Gasteiger partial charge in [0.05, 0.1) is 0 Å². The van der Waals surface area contributed by atoms with Crippen molar-refractivity contribution in [3.63, 3.8) is 0 Å². The summed E-state index contributed by atoms with van der Waals surface area (Å²) >= 11 is 0. The normalized spacial score (nSPS) is 16.7. The Labute approximate surface area is 91.0 Å². The van der Waals surface area contributed by atoms with Gasteiger partial charge in [0.15, 0.2) is 0 Å². The number of hydrogen-bond acceptors (Lipinski definition) is 2. The predicted octanol–water partition coefficient (Wildman–Crippen LogP) is 2.72. The molecule has 2 heteroatoms. The lowest BCUT2D eigenvalue weighted by Crippen LogP contribution is -2.15. The number of benzene rings is 1. The summed E-state index contributed by atoms with van der Waals surface area (Å²) in [5, 5.41) is 0. The first-order valence-corrected chi connectivity index (χ1v) is 5.38. The van der Waals surface area contributed by atoms with E-state index in [0.717, 1.165) is 17.8 Å². The van der Waals surface area contributed by atoms with Crippen LogP contribution in [0.2, 0.25) is 0 Å². The molecule has 4 N–H and O–H groups in total.